The van der Waals surface area contributed by atoms with E-state index in [1.165, 1.54) is 18.5 Å². The third-order valence-corrected chi connectivity index (χ3v) is 3.81. The Morgan fingerprint density at radius 1 is 1.35 bits per heavy atom. The summed E-state index contributed by atoms with van der Waals surface area (Å²) in [6.45, 7) is 6.66. The van der Waals surface area contributed by atoms with E-state index < -0.39 is 0 Å². The molecule has 1 fully saturated rings. The van der Waals surface area contributed by atoms with Crippen molar-refractivity contribution in [3.05, 3.63) is 35.4 Å². The predicted molar refractivity (Wildman–Crippen MR) is 82.4 cm³/mol. The minimum atomic E-state index is -0.0836. The van der Waals surface area contributed by atoms with Crippen molar-refractivity contribution >= 4 is 0 Å². The summed E-state index contributed by atoms with van der Waals surface area (Å²) in [6, 6.07) is 8.90. The minimum Gasteiger partial charge on any atom is -0.384 e. The van der Waals surface area contributed by atoms with Crippen LogP contribution in [0.25, 0.3) is 0 Å². The number of likely N-dealkylation sites (N-methyl/N-ethyl adjacent to an activating group) is 1. The average Bonchev–Trinajstić information content (AvgIpc) is 2.59. The molecule has 1 heterocycles. The van der Waals surface area contributed by atoms with Crippen LogP contribution in [0.2, 0.25) is 0 Å². The Balaban J connectivity index is 2.05. The number of benzene rings is 1. The molecular weight excluding hydrogens is 248 g/mol. The lowest BCUT2D eigenvalue weighted by Crippen LogP contribution is -2.37. The molecule has 1 aromatic carbocycles. The van der Waals surface area contributed by atoms with Gasteiger partial charge in [0.1, 0.15) is 6.61 Å². The molecule has 1 saturated heterocycles. The highest BCUT2D eigenvalue weighted by molar-refractivity contribution is 5.37. The second-order valence-corrected chi connectivity index (χ2v) is 5.60. The van der Waals surface area contributed by atoms with Gasteiger partial charge in [0.05, 0.1) is 0 Å². The first-order valence-corrected chi connectivity index (χ1v) is 7.30. The lowest BCUT2D eigenvalue weighted by atomic mass is 10.1. The highest BCUT2D eigenvalue weighted by Gasteiger charge is 2.19. The van der Waals surface area contributed by atoms with E-state index in [1.54, 1.807) is 0 Å². The van der Waals surface area contributed by atoms with E-state index >= 15 is 0 Å². The maximum absolute atomic E-state index is 8.76. The fourth-order valence-electron chi connectivity index (χ4n) is 2.78. The van der Waals surface area contributed by atoms with Crippen molar-refractivity contribution in [2.24, 2.45) is 0 Å². The summed E-state index contributed by atoms with van der Waals surface area (Å²) >= 11 is 0. The van der Waals surface area contributed by atoms with Crippen LogP contribution in [-0.4, -0.2) is 54.2 Å². The Hall–Kier alpha value is -1.34. The third kappa shape index (κ3) is 4.35. The fraction of sp³-hybridized carbons (Fsp3) is 0.529. The van der Waals surface area contributed by atoms with Crippen LogP contribution < -0.4 is 0 Å². The predicted octanol–water partition coefficient (Wildman–Crippen LogP) is 1.56. The summed E-state index contributed by atoms with van der Waals surface area (Å²) in [7, 11) is 2.20. The number of nitrogens with zero attached hydrogens (tertiary/aromatic N) is 2. The van der Waals surface area contributed by atoms with Crippen LogP contribution in [-0.2, 0) is 6.54 Å². The Morgan fingerprint density at radius 3 is 3.00 bits per heavy atom. The van der Waals surface area contributed by atoms with Gasteiger partial charge in [-0.15, -0.1) is 0 Å². The summed E-state index contributed by atoms with van der Waals surface area (Å²) < 4.78 is 0. The first kappa shape index (κ1) is 15.1. The number of rotatable bonds is 2. The van der Waals surface area contributed by atoms with Crippen molar-refractivity contribution in [1.82, 2.24) is 9.80 Å². The summed E-state index contributed by atoms with van der Waals surface area (Å²) in [5.41, 5.74) is 2.28. The molecule has 1 atom stereocenters. The zero-order valence-electron chi connectivity index (χ0n) is 12.5. The van der Waals surface area contributed by atoms with Gasteiger partial charge in [0.2, 0.25) is 0 Å². The Morgan fingerprint density at radius 2 is 2.20 bits per heavy atom. The molecule has 1 unspecified atom stereocenters. The molecule has 1 aromatic rings. The quantitative estimate of drug-likeness (QED) is 0.828. The zero-order chi connectivity index (χ0) is 14.4. The largest absolute Gasteiger partial charge is 0.384 e. The molecule has 108 valence electrons. The molecule has 0 radical (unpaired) electrons. The zero-order valence-corrected chi connectivity index (χ0v) is 12.5. The van der Waals surface area contributed by atoms with Crippen LogP contribution in [0.5, 0.6) is 0 Å². The molecule has 0 amide bonds. The van der Waals surface area contributed by atoms with Crippen molar-refractivity contribution in [2.45, 2.75) is 25.9 Å². The van der Waals surface area contributed by atoms with Crippen LogP contribution in [0.15, 0.2) is 24.3 Å². The van der Waals surface area contributed by atoms with Gasteiger partial charge >= 0.3 is 0 Å². The average molecular weight is 272 g/mol. The van der Waals surface area contributed by atoms with Crippen LogP contribution in [0.4, 0.5) is 0 Å². The number of aliphatic hydroxyl groups excluding tert-OH is 1. The molecule has 2 rings (SSSR count). The normalized spacial score (nSPS) is 21.1. The molecule has 0 saturated carbocycles. The second-order valence-electron chi connectivity index (χ2n) is 5.60. The van der Waals surface area contributed by atoms with Gasteiger partial charge in [0.15, 0.2) is 0 Å². The molecule has 1 aliphatic rings. The van der Waals surface area contributed by atoms with Gasteiger partial charge in [-0.2, -0.15) is 0 Å². The fourth-order valence-corrected chi connectivity index (χ4v) is 2.78. The van der Waals surface area contributed by atoms with Gasteiger partial charge in [0.25, 0.3) is 0 Å². The van der Waals surface area contributed by atoms with Gasteiger partial charge in [0, 0.05) is 31.2 Å². The molecule has 3 heteroatoms. The van der Waals surface area contributed by atoms with Gasteiger partial charge in [-0.25, -0.2) is 0 Å². The maximum atomic E-state index is 8.76. The molecule has 0 bridgehead atoms. The van der Waals surface area contributed by atoms with Crippen molar-refractivity contribution in [2.75, 3.05) is 33.3 Å². The van der Waals surface area contributed by atoms with E-state index in [-0.39, 0.29) is 6.61 Å². The van der Waals surface area contributed by atoms with E-state index in [9.17, 15) is 0 Å². The summed E-state index contributed by atoms with van der Waals surface area (Å²) in [5.74, 6) is 5.68. The standard InChI is InChI=1S/C17H24N2O/c1-15-13-18(2)9-5-10-19(15)14-17-7-3-6-16(12-17)8-4-11-20/h3,6-7,12,15,20H,5,9-11,13-14H2,1-2H3. The Kier molecular flexibility index (Phi) is 5.60. The summed E-state index contributed by atoms with van der Waals surface area (Å²) in [5, 5.41) is 8.76. The lowest BCUT2D eigenvalue weighted by molar-refractivity contribution is 0.194. The van der Waals surface area contributed by atoms with Crippen molar-refractivity contribution in [3.63, 3.8) is 0 Å². The van der Waals surface area contributed by atoms with Crippen LogP contribution >= 0.6 is 0 Å². The van der Waals surface area contributed by atoms with E-state index in [0.29, 0.717) is 6.04 Å². The lowest BCUT2D eigenvalue weighted by Gasteiger charge is -2.27. The molecule has 1 aliphatic heterocycles. The molecule has 1 N–H and O–H groups in total. The highest BCUT2D eigenvalue weighted by Crippen LogP contribution is 2.14. The van der Waals surface area contributed by atoms with Crippen molar-refractivity contribution in [1.29, 1.82) is 0 Å². The number of hydrogen-bond donors (Lipinski definition) is 1. The first-order valence-electron chi connectivity index (χ1n) is 7.30. The van der Waals surface area contributed by atoms with E-state index in [2.05, 4.69) is 47.7 Å². The van der Waals surface area contributed by atoms with Gasteiger partial charge in [-0.1, -0.05) is 24.0 Å². The van der Waals surface area contributed by atoms with Crippen LogP contribution in [0, 0.1) is 11.8 Å². The van der Waals surface area contributed by atoms with E-state index in [4.69, 9.17) is 5.11 Å². The van der Waals surface area contributed by atoms with Crippen LogP contribution in [0.3, 0.4) is 0 Å². The van der Waals surface area contributed by atoms with Crippen molar-refractivity contribution < 1.29 is 5.11 Å². The van der Waals surface area contributed by atoms with E-state index in [0.717, 1.165) is 25.2 Å². The number of hydrogen-bond acceptors (Lipinski definition) is 3. The van der Waals surface area contributed by atoms with E-state index in [1.807, 2.05) is 12.1 Å². The minimum absolute atomic E-state index is 0.0836. The Bertz CT molecular complexity index is 489. The van der Waals surface area contributed by atoms with Crippen LogP contribution in [0.1, 0.15) is 24.5 Å². The van der Waals surface area contributed by atoms with Gasteiger partial charge in [-0.05, 0) is 44.6 Å². The maximum Gasteiger partial charge on any atom is 0.104 e. The molecule has 0 spiro atoms. The first-order chi connectivity index (χ1) is 9.69. The Labute approximate surface area is 122 Å². The summed E-state index contributed by atoms with van der Waals surface area (Å²) in [4.78, 5) is 4.95. The highest BCUT2D eigenvalue weighted by atomic mass is 16.2. The summed E-state index contributed by atoms with van der Waals surface area (Å²) in [6.07, 6.45) is 1.23. The van der Waals surface area contributed by atoms with Gasteiger partial charge < -0.3 is 10.0 Å². The molecule has 20 heavy (non-hydrogen) atoms. The molecule has 0 aromatic heterocycles. The van der Waals surface area contributed by atoms with Gasteiger partial charge in [-0.3, -0.25) is 4.90 Å². The SMILES string of the molecule is CC1CN(C)CCCN1Cc1cccc(C#CCO)c1. The third-order valence-electron chi connectivity index (χ3n) is 3.81. The second kappa shape index (κ2) is 7.44. The topological polar surface area (TPSA) is 26.7 Å². The smallest absolute Gasteiger partial charge is 0.104 e. The number of aliphatic hydroxyl groups is 1. The molecular formula is C17H24N2O. The monoisotopic (exact) mass is 272 g/mol. The van der Waals surface area contributed by atoms with Crippen molar-refractivity contribution in [3.8, 4) is 11.8 Å². The molecule has 3 nitrogen and oxygen atoms in total. The molecule has 0 aliphatic carbocycles.